The molecule has 0 aliphatic heterocycles. The molecule has 0 spiro atoms. The van der Waals surface area contributed by atoms with Crippen LogP contribution in [-0.4, -0.2) is 33.1 Å². The quantitative estimate of drug-likeness (QED) is 0.747. The van der Waals surface area contributed by atoms with E-state index in [2.05, 4.69) is 24.9 Å². The first-order valence-corrected chi connectivity index (χ1v) is 14.8. The third kappa shape index (κ3) is 1.53. The molecule has 0 saturated heterocycles. The van der Waals surface area contributed by atoms with Gasteiger partial charge in [0.1, 0.15) is 0 Å². The van der Waals surface area contributed by atoms with E-state index in [-0.39, 0.29) is 0 Å². The number of hydrogen-bond acceptors (Lipinski definition) is 2. The maximum absolute atomic E-state index is 4.30. The van der Waals surface area contributed by atoms with Gasteiger partial charge >= 0.3 is 88.1 Å². The second-order valence-corrected chi connectivity index (χ2v) is 19.0. The minimum absolute atomic E-state index is 1.15. The van der Waals surface area contributed by atoms with Crippen LogP contribution in [0.5, 0.6) is 0 Å². The Bertz CT molecular complexity index is 468. The van der Waals surface area contributed by atoms with Gasteiger partial charge in [0.05, 0.1) is 0 Å². The third-order valence-electron chi connectivity index (χ3n) is 2.48. The fourth-order valence-electron chi connectivity index (χ4n) is 1.66. The zero-order valence-electron chi connectivity index (χ0n) is 9.07. The second-order valence-electron chi connectivity index (χ2n) is 4.64. The van der Waals surface area contributed by atoms with Crippen LogP contribution in [0.1, 0.15) is 0 Å². The Balaban J connectivity index is 2.79. The van der Waals surface area contributed by atoms with Crippen molar-refractivity contribution in [1.29, 1.82) is 0 Å². The normalized spacial score (nSPS) is 12.3. The Hall–Kier alpha value is -0.581. The van der Waals surface area contributed by atoms with Crippen molar-refractivity contribution in [3.8, 4) is 0 Å². The fourth-order valence-corrected chi connectivity index (χ4v) is 5.83. The summed E-state index contributed by atoms with van der Waals surface area (Å²) in [4.78, 5) is 11.5. The molecule has 0 radical (unpaired) electrons. The molecule has 0 fully saturated rings. The average Bonchev–Trinajstić information content (AvgIpc) is 2.46. The molecule has 3 nitrogen and oxygen atoms in total. The number of pyridine rings is 1. The zero-order valence-corrected chi connectivity index (χ0v) is 11.9. The van der Waals surface area contributed by atoms with Crippen LogP contribution < -0.4 is 3.58 Å². The summed E-state index contributed by atoms with van der Waals surface area (Å²) >= 11 is -2.03. The van der Waals surface area contributed by atoms with Crippen molar-refractivity contribution in [3.05, 3.63) is 18.6 Å². The van der Waals surface area contributed by atoms with Crippen LogP contribution in [0.15, 0.2) is 18.6 Å². The standard InChI is InChI=1S/C7H6N3.3CH3.Sn/c1-10-7-5-8-3-2-6(7)4-9-10;;;;/h3-5H,1H3;3*1H3;. The van der Waals surface area contributed by atoms with E-state index in [1.54, 1.807) is 0 Å². The van der Waals surface area contributed by atoms with E-state index in [1.165, 1.54) is 8.97 Å². The maximum atomic E-state index is 4.30. The molecule has 2 aromatic heterocycles. The number of nitrogens with zero attached hydrogens (tertiary/aromatic N) is 3. The Morgan fingerprint density at radius 3 is 2.50 bits per heavy atom. The van der Waals surface area contributed by atoms with Crippen molar-refractivity contribution in [2.45, 2.75) is 14.8 Å². The Morgan fingerprint density at radius 1 is 1.14 bits per heavy atom. The molecule has 0 saturated carbocycles. The van der Waals surface area contributed by atoms with E-state index >= 15 is 0 Å². The van der Waals surface area contributed by atoms with Gasteiger partial charge in [-0.15, -0.1) is 0 Å². The van der Waals surface area contributed by atoms with Crippen molar-refractivity contribution >= 4 is 32.9 Å². The van der Waals surface area contributed by atoms with Gasteiger partial charge in [-0.2, -0.15) is 0 Å². The first-order valence-electron chi connectivity index (χ1n) is 4.76. The monoisotopic (exact) mass is 297 g/mol. The van der Waals surface area contributed by atoms with Crippen LogP contribution in [0.25, 0.3) is 10.9 Å². The van der Waals surface area contributed by atoms with E-state index < -0.39 is 18.4 Å². The average molecular weight is 296 g/mol. The van der Waals surface area contributed by atoms with Gasteiger partial charge in [0.25, 0.3) is 0 Å². The summed E-state index contributed by atoms with van der Waals surface area (Å²) in [7, 11) is 1.96. The van der Waals surface area contributed by atoms with Crippen molar-refractivity contribution in [2.75, 3.05) is 0 Å². The molecule has 0 aromatic carbocycles. The summed E-state index contributed by atoms with van der Waals surface area (Å²) in [5.41, 5.74) is 1.15. The van der Waals surface area contributed by atoms with Crippen LogP contribution in [0, 0.1) is 0 Å². The molecular weight excluding hydrogens is 281 g/mol. The predicted octanol–water partition coefficient (Wildman–Crippen LogP) is 1.51. The molecule has 2 aromatic rings. The van der Waals surface area contributed by atoms with Gasteiger partial charge in [-0.25, -0.2) is 0 Å². The van der Waals surface area contributed by atoms with Gasteiger partial charge in [0, 0.05) is 0 Å². The Kier molecular flexibility index (Phi) is 2.29. The van der Waals surface area contributed by atoms with E-state index in [9.17, 15) is 0 Å². The number of aromatic nitrogens is 3. The molecule has 14 heavy (non-hydrogen) atoms. The number of fused-ring (bicyclic) bond motifs is 1. The van der Waals surface area contributed by atoms with E-state index in [1.807, 2.05) is 30.3 Å². The summed E-state index contributed by atoms with van der Waals surface area (Å²) in [6.45, 7) is 0. The Morgan fingerprint density at radius 2 is 1.86 bits per heavy atom. The van der Waals surface area contributed by atoms with Crippen LogP contribution in [0.3, 0.4) is 0 Å². The predicted molar refractivity (Wildman–Crippen MR) is 61.5 cm³/mol. The first-order chi connectivity index (χ1) is 6.50. The molecule has 0 aliphatic carbocycles. The van der Waals surface area contributed by atoms with Crippen molar-refractivity contribution in [1.82, 2.24) is 14.8 Å². The zero-order chi connectivity index (χ0) is 10.3. The van der Waals surface area contributed by atoms with Gasteiger partial charge in [-0.1, -0.05) is 0 Å². The van der Waals surface area contributed by atoms with Gasteiger partial charge < -0.3 is 0 Å². The first kappa shape index (κ1) is 9.95. The topological polar surface area (TPSA) is 30.7 Å². The van der Waals surface area contributed by atoms with Crippen LogP contribution >= 0.6 is 0 Å². The number of aryl methyl sites for hydroxylation is 1. The Labute approximate surface area is 88.0 Å². The molecule has 0 amide bonds. The molecule has 0 N–H and O–H groups in total. The van der Waals surface area contributed by atoms with Crippen LogP contribution in [0.4, 0.5) is 0 Å². The van der Waals surface area contributed by atoms with Crippen molar-refractivity contribution in [2.24, 2.45) is 7.05 Å². The fraction of sp³-hybridized carbons (Fsp3) is 0.400. The molecule has 2 rings (SSSR count). The van der Waals surface area contributed by atoms with E-state index in [4.69, 9.17) is 0 Å². The summed E-state index contributed by atoms with van der Waals surface area (Å²) in [5, 5.41) is 5.58. The SMILES string of the molecule is Cn1ncc2[c]([Sn]([CH3])([CH3])[CH3])cncc21. The van der Waals surface area contributed by atoms with Crippen LogP contribution in [0.2, 0.25) is 14.8 Å². The molecule has 4 heteroatoms. The van der Waals surface area contributed by atoms with Crippen molar-refractivity contribution < 1.29 is 0 Å². The third-order valence-corrected chi connectivity index (χ3v) is 8.23. The van der Waals surface area contributed by atoms with Gasteiger partial charge in [0.2, 0.25) is 0 Å². The van der Waals surface area contributed by atoms with Crippen molar-refractivity contribution in [3.63, 3.8) is 0 Å². The minimum atomic E-state index is -2.03. The van der Waals surface area contributed by atoms with Gasteiger partial charge in [-0.3, -0.25) is 0 Å². The summed E-state index contributed by atoms with van der Waals surface area (Å²) in [6, 6.07) is 0. The summed E-state index contributed by atoms with van der Waals surface area (Å²) in [6.07, 6.45) is 5.89. The summed E-state index contributed by atoms with van der Waals surface area (Å²) in [5.74, 6) is 0. The molecule has 0 atom stereocenters. The molecular formula is C10H15N3Sn. The number of rotatable bonds is 1. The van der Waals surface area contributed by atoms with Gasteiger partial charge in [0.15, 0.2) is 0 Å². The molecule has 0 aliphatic rings. The number of hydrogen-bond donors (Lipinski definition) is 0. The van der Waals surface area contributed by atoms with E-state index in [0.717, 1.165) is 5.52 Å². The van der Waals surface area contributed by atoms with Crippen LogP contribution in [-0.2, 0) is 7.05 Å². The summed E-state index contributed by atoms with van der Waals surface area (Å²) < 4.78 is 3.36. The van der Waals surface area contributed by atoms with E-state index in [0.29, 0.717) is 0 Å². The second kappa shape index (κ2) is 3.22. The molecule has 0 bridgehead atoms. The van der Waals surface area contributed by atoms with Gasteiger partial charge in [-0.05, 0) is 0 Å². The molecule has 74 valence electrons. The molecule has 2 heterocycles. The molecule has 0 unspecified atom stereocenters.